The van der Waals surface area contributed by atoms with Crippen LogP contribution in [0.3, 0.4) is 0 Å². The van der Waals surface area contributed by atoms with Crippen LogP contribution in [0.2, 0.25) is 0 Å². The highest BCUT2D eigenvalue weighted by atomic mass is 16.7. The molecule has 2 heterocycles. The minimum atomic E-state index is 0.256. The normalized spacial score (nSPS) is 12.0. The number of anilines is 1. The maximum atomic E-state index is 5.47. The van der Waals surface area contributed by atoms with E-state index in [0.717, 1.165) is 34.3 Å². The fourth-order valence-electron chi connectivity index (χ4n) is 3.32. The first kappa shape index (κ1) is 18.8. The fourth-order valence-corrected chi connectivity index (χ4v) is 3.32. The molecule has 3 aromatic rings. The molecule has 0 amide bonds. The molecule has 0 unspecified atom stereocenters. The van der Waals surface area contributed by atoms with E-state index >= 15 is 0 Å². The van der Waals surface area contributed by atoms with Crippen molar-refractivity contribution < 1.29 is 23.7 Å². The summed E-state index contributed by atoms with van der Waals surface area (Å²) in [5, 5.41) is 3.36. The van der Waals surface area contributed by atoms with Crippen molar-refractivity contribution in [2.75, 3.05) is 33.4 Å². The topological polar surface area (TPSA) is 76.0 Å². The number of rotatable bonds is 7. The Balaban J connectivity index is 1.54. The van der Waals surface area contributed by atoms with E-state index in [0.29, 0.717) is 23.8 Å². The van der Waals surface area contributed by atoms with Crippen molar-refractivity contribution in [1.29, 1.82) is 0 Å². The first-order valence-electron chi connectivity index (χ1n) is 9.09. The summed E-state index contributed by atoms with van der Waals surface area (Å²) < 4.78 is 29.1. The molecule has 8 heteroatoms. The van der Waals surface area contributed by atoms with Crippen LogP contribution in [0, 0.1) is 0 Å². The Labute approximate surface area is 168 Å². The van der Waals surface area contributed by atoms with E-state index in [1.807, 2.05) is 48.1 Å². The molecule has 4 rings (SSSR count). The number of methoxy groups -OCH3 is 3. The van der Waals surface area contributed by atoms with E-state index in [1.54, 1.807) is 21.3 Å². The third kappa shape index (κ3) is 3.49. The highest BCUT2D eigenvalue weighted by Crippen LogP contribution is 2.39. The molecule has 0 saturated heterocycles. The van der Waals surface area contributed by atoms with Crippen LogP contribution in [-0.2, 0) is 13.6 Å². The number of hydrogen-bond acceptors (Lipinski definition) is 7. The van der Waals surface area contributed by atoms with Gasteiger partial charge in [0.05, 0.1) is 33.2 Å². The van der Waals surface area contributed by atoms with E-state index in [4.69, 9.17) is 23.7 Å². The summed E-state index contributed by atoms with van der Waals surface area (Å²) in [4.78, 5) is 4.51. The van der Waals surface area contributed by atoms with Gasteiger partial charge >= 0.3 is 0 Å². The Morgan fingerprint density at radius 2 is 1.72 bits per heavy atom. The van der Waals surface area contributed by atoms with Gasteiger partial charge < -0.3 is 33.6 Å². The zero-order chi connectivity index (χ0) is 20.4. The Morgan fingerprint density at radius 1 is 1.00 bits per heavy atom. The lowest BCUT2D eigenvalue weighted by Gasteiger charge is -2.15. The molecule has 0 fully saturated rings. The van der Waals surface area contributed by atoms with Crippen LogP contribution in [0.1, 0.15) is 5.56 Å². The van der Waals surface area contributed by atoms with Gasteiger partial charge in [-0.1, -0.05) is 0 Å². The molecule has 29 heavy (non-hydrogen) atoms. The Bertz CT molecular complexity index is 1010. The van der Waals surface area contributed by atoms with E-state index < -0.39 is 0 Å². The van der Waals surface area contributed by atoms with Gasteiger partial charge in [-0.05, 0) is 35.9 Å². The second-order valence-corrected chi connectivity index (χ2v) is 6.48. The molecular weight excluding hydrogens is 374 g/mol. The van der Waals surface area contributed by atoms with Crippen LogP contribution in [0.15, 0.2) is 36.5 Å². The lowest BCUT2D eigenvalue weighted by Crippen LogP contribution is -2.06. The molecule has 0 saturated carbocycles. The van der Waals surface area contributed by atoms with E-state index in [1.165, 1.54) is 0 Å². The second kappa shape index (κ2) is 7.83. The van der Waals surface area contributed by atoms with Gasteiger partial charge in [0.25, 0.3) is 0 Å². The highest BCUT2D eigenvalue weighted by molar-refractivity contribution is 5.66. The van der Waals surface area contributed by atoms with Gasteiger partial charge in [0, 0.05) is 19.2 Å². The number of hydrogen-bond donors (Lipinski definition) is 1. The number of fused-ring (bicyclic) bond motifs is 1. The minimum Gasteiger partial charge on any atom is -0.493 e. The van der Waals surface area contributed by atoms with Crippen LogP contribution < -0.4 is 29.0 Å². The number of ether oxygens (including phenoxy) is 5. The van der Waals surface area contributed by atoms with Crippen LogP contribution in [-0.4, -0.2) is 37.7 Å². The molecule has 1 N–H and O–H groups in total. The average molecular weight is 397 g/mol. The Kier molecular flexibility index (Phi) is 5.07. The quantitative estimate of drug-likeness (QED) is 0.654. The van der Waals surface area contributed by atoms with Crippen molar-refractivity contribution in [3.8, 4) is 40.0 Å². The van der Waals surface area contributed by atoms with Gasteiger partial charge in [0.15, 0.2) is 23.0 Å². The fraction of sp³-hybridized carbons (Fsp3) is 0.286. The lowest BCUT2D eigenvalue weighted by atomic mass is 10.1. The average Bonchev–Trinajstić information content (AvgIpc) is 3.37. The van der Waals surface area contributed by atoms with Gasteiger partial charge in [-0.3, -0.25) is 0 Å². The van der Waals surface area contributed by atoms with Crippen molar-refractivity contribution in [2.24, 2.45) is 7.05 Å². The monoisotopic (exact) mass is 397 g/mol. The first-order valence-corrected chi connectivity index (χ1v) is 9.09. The molecular formula is C21H23N3O5. The standard InChI is InChI=1S/C21H23N3O5/c1-24-15(14-5-6-16-17(9-14)29-12-28-16)11-23-21(24)22-10-13-7-18(25-2)20(27-4)19(8-13)26-3/h5-9,11H,10,12H2,1-4H3,(H,22,23). The van der Waals surface area contributed by atoms with Gasteiger partial charge in [0.1, 0.15) is 0 Å². The van der Waals surface area contributed by atoms with E-state index in [9.17, 15) is 0 Å². The summed E-state index contributed by atoms with van der Waals surface area (Å²) in [6.45, 7) is 0.800. The molecule has 0 radical (unpaired) electrons. The van der Waals surface area contributed by atoms with Crippen molar-refractivity contribution in [3.05, 3.63) is 42.1 Å². The van der Waals surface area contributed by atoms with Crippen molar-refractivity contribution in [2.45, 2.75) is 6.54 Å². The maximum absolute atomic E-state index is 5.47. The summed E-state index contributed by atoms with van der Waals surface area (Å²) in [5.41, 5.74) is 2.95. The summed E-state index contributed by atoms with van der Waals surface area (Å²) >= 11 is 0. The van der Waals surface area contributed by atoms with Crippen molar-refractivity contribution >= 4 is 5.95 Å². The number of aromatic nitrogens is 2. The van der Waals surface area contributed by atoms with Crippen LogP contribution in [0.25, 0.3) is 11.3 Å². The molecule has 0 spiro atoms. The number of nitrogens with one attached hydrogen (secondary N) is 1. The lowest BCUT2D eigenvalue weighted by molar-refractivity contribution is 0.174. The second-order valence-electron chi connectivity index (χ2n) is 6.48. The van der Waals surface area contributed by atoms with Crippen LogP contribution in [0.5, 0.6) is 28.7 Å². The molecule has 1 aromatic heterocycles. The molecule has 0 bridgehead atoms. The molecule has 1 aliphatic heterocycles. The number of imidazole rings is 1. The van der Waals surface area contributed by atoms with Crippen LogP contribution in [0.4, 0.5) is 5.95 Å². The predicted octanol–water partition coefficient (Wildman–Crippen LogP) is 3.45. The van der Waals surface area contributed by atoms with Gasteiger partial charge in [0.2, 0.25) is 18.5 Å². The van der Waals surface area contributed by atoms with Crippen molar-refractivity contribution in [1.82, 2.24) is 9.55 Å². The summed E-state index contributed by atoms with van der Waals surface area (Å²) in [6, 6.07) is 9.69. The van der Waals surface area contributed by atoms with Gasteiger partial charge in [-0.15, -0.1) is 0 Å². The summed E-state index contributed by atoms with van der Waals surface area (Å²) in [6.07, 6.45) is 1.83. The highest BCUT2D eigenvalue weighted by Gasteiger charge is 2.17. The van der Waals surface area contributed by atoms with E-state index in [-0.39, 0.29) is 6.79 Å². The summed E-state index contributed by atoms with van der Waals surface area (Å²) in [7, 11) is 6.75. The molecule has 8 nitrogen and oxygen atoms in total. The minimum absolute atomic E-state index is 0.256. The molecule has 152 valence electrons. The predicted molar refractivity (Wildman–Crippen MR) is 108 cm³/mol. The zero-order valence-corrected chi connectivity index (χ0v) is 16.8. The third-order valence-electron chi connectivity index (χ3n) is 4.83. The Morgan fingerprint density at radius 3 is 2.41 bits per heavy atom. The smallest absolute Gasteiger partial charge is 0.231 e. The summed E-state index contributed by atoms with van der Waals surface area (Å²) in [5.74, 6) is 4.05. The van der Waals surface area contributed by atoms with E-state index in [2.05, 4.69) is 10.3 Å². The first-order chi connectivity index (χ1) is 14.1. The van der Waals surface area contributed by atoms with Crippen LogP contribution >= 0.6 is 0 Å². The SMILES string of the molecule is COc1cc(CNc2ncc(-c3ccc4c(c3)OCO4)n2C)cc(OC)c1OC. The number of nitrogens with zero attached hydrogens (tertiary/aromatic N) is 2. The zero-order valence-electron chi connectivity index (χ0n) is 16.8. The van der Waals surface area contributed by atoms with Crippen molar-refractivity contribution in [3.63, 3.8) is 0 Å². The largest absolute Gasteiger partial charge is 0.493 e. The molecule has 0 atom stereocenters. The third-order valence-corrected chi connectivity index (χ3v) is 4.83. The molecule has 1 aliphatic rings. The van der Waals surface area contributed by atoms with Gasteiger partial charge in [-0.2, -0.15) is 0 Å². The molecule has 2 aromatic carbocycles. The van der Waals surface area contributed by atoms with Gasteiger partial charge in [-0.25, -0.2) is 4.98 Å². The molecule has 0 aliphatic carbocycles. The number of benzene rings is 2. The maximum Gasteiger partial charge on any atom is 0.231 e. The Hall–Kier alpha value is -3.55.